The maximum Gasteiger partial charge on any atom is 0.262 e. The molecule has 3 aliphatic heterocycles. The van der Waals surface area contributed by atoms with Crippen LogP contribution in [0.25, 0.3) is 22.2 Å². The molecule has 5 heterocycles. The summed E-state index contributed by atoms with van der Waals surface area (Å²) < 4.78 is 2.37. The van der Waals surface area contributed by atoms with E-state index in [-0.39, 0.29) is 18.7 Å². The largest absolute Gasteiger partial charge is 0.329 e. The Morgan fingerprint density at radius 3 is 2.32 bits per heavy atom. The Morgan fingerprint density at radius 2 is 1.55 bits per heavy atom. The minimum atomic E-state index is -0.956. The van der Waals surface area contributed by atoms with Gasteiger partial charge in [-0.3, -0.25) is 39.2 Å². The number of aromatic nitrogens is 3. The van der Waals surface area contributed by atoms with Crippen molar-refractivity contribution in [1.82, 2.24) is 34.6 Å². The number of nitrogens with zero attached hydrogens (tertiary/aromatic N) is 6. The number of benzene rings is 2. The predicted octanol–water partition coefficient (Wildman–Crippen LogP) is 3.80. The first-order valence-corrected chi connectivity index (χ1v) is 16.6. The normalized spacial score (nSPS) is 24.2. The Bertz CT molecular complexity index is 1870. The number of hydrogen-bond donors (Lipinski definition) is 1. The summed E-state index contributed by atoms with van der Waals surface area (Å²) in [5, 5.41) is 3.36. The highest BCUT2D eigenvalue weighted by molar-refractivity contribution is 6.24. The van der Waals surface area contributed by atoms with E-state index in [2.05, 4.69) is 60.1 Å². The van der Waals surface area contributed by atoms with E-state index in [4.69, 9.17) is 0 Å². The maximum absolute atomic E-state index is 13.5. The standard InChI is InChI=1S/C36H37N7O4/c44-31-14-13-30(34(45)39-31)43-35(46)27-8-4-7-24(32(27)36(43)47)20-40-15-17-41(18-16-40)25-9-11-26(12-10-25)42-21-29(23-5-2-1-3-6-23)28-19-37-22-38-33(28)42/h1-8,19,21-22,25-26,30H,9-18,20H2,(H,39,44,45). The van der Waals surface area contributed by atoms with Crippen LogP contribution in [0.1, 0.15) is 70.8 Å². The minimum absolute atomic E-state index is 0.107. The summed E-state index contributed by atoms with van der Waals surface area (Å²) in [5.74, 6) is -1.87. The Hall–Kier alpha value is -4.74. The summed E-state index contributed by atoms with van der Waals surface area (Å²) in [6.45, 7) is 4.23. The minimum Gasteiger partial charge on any atom is -0.329 e. The van der Waals surface area contributed by atoms with Crippen LogP contribution in [-0.4, -0.2) is 91.1 Å². The summed E-state index contributed by atoms with van der Waals surface area (Å²) >= 11 is 0. The highest BCUT2D eigenvalue weighted by Gasteiger charge is 2.45. The summed E-state index contributed by atoms with van der Waals surface area (Å²) in [6, 6.07) is 15.8. The number of hydrogen-bond acceptors (Lipinski definition) is 8. The maximum atomic E-state index is 13.5. The van der Waals surface area contributed by atoms with E-state index >= 15 is 0 Å². The van der Waals surface area contributed by atoms with Crippen molar-refractivity contribution >= 4 is 34.7 Å². The lowest BCUT2D eigenvalue weighted by molar-refractivity contribution is -0.136. The van der Waals surface area contributed by atoms with E-state index in [0.717, 1.165) is 73.4 Å². The van der Waals surface area contributed by atoms with Crippen molar-refractivity contribution in [2.75, 3.05) is 26.2 Å². The van der Waals surface area contributed by atoms with Gasteiger partial charge in [-0.05, 0) is 49.3 Å². The third-order valence-electron chi connectivity index (χ3n) is 10.5. The number of piperazine rings is 1. The van der Waals surface area contributed by atoms with Gasteiger partial charge in [-0.1, -0.05) is 42.5 Å². The highest BCUT2D eigenvalue weighted by Crippen LogP contribution is 2.37. The zero-order chi connectivity index (χ0) is 32.1. The van der Waals surface area contributed by atoms with Gasteiger partial charge in [0.25, 0.3) is 11.8 Å². The molecule has 1 N–H and O–H groups in total. The second-order valence-corrected chi connectivity index (χ2v) is 13.1. The molecule has 47 heavy (non-hydrogen) atoms. The summed E-state index contributed by atoms with van der Waals surface area (Å²) in [6.07, 6.45) is 10.6. The molecule has 2 aromatic carbocycles. The summed E-state index contributed by atoms with van der Waals surface area (Å²) in [4.78, 5) is 65.9. The molecule has 240 valence electrons. The van der Waals surface area contributed by atoms with Gasteiger partial charge < -0.3 is 4.57 Å². The fraction of sp³-hybridized carbons (Fsp3) is 0.389. The third kappa shape index (κ3) is 5.33. The van der Waals surface area contributed by atoms with Gasteiger partial charge in [0, 0.05) is 74.6 Å². The number of piperidine rings is 1. The van der Waals surface area contributed by atoms with Gasteiger partial charge in [0.2, 0.25) is 11.8 Å². The molecular formula is C36H37N7O4. The van der Waals surface area contributed by atoms with Crippen LogP contribution in [0.3, 0.4) is 0 Å². The molecule has 1 atom stereocenters. The Labute approximate surface area is 272 Å². The van der Waals surface area contributed by atoms with Crippen molar-refractivity contribution in [2.24, 2.45) is 0 Å². The lowest BCUT2D eigenvalue weighted by Crippen LogP contribution is -2.54. The molecule has 1 unspecified atom stereocenters. The first kappa shape index (κ1) is 29.6. The van der Waals surface area contributed by atoms with Crippen LogP contribution in [0.2, 0.25) is 0 Å². The van der Waals surface area contributed by atoms with Crippen molar-refractivity contribution in [3.05, 3.63) is 83.9 Å². The molecule has 2 aromatic heterocycles. The number of amides is 4. The van der Waals surface area contributed by atoms with Crippen LogP contribution in [0, 0.1) is 0 Å². The predicted molar refractivity (Wildman–Crippen MR) is 174 cm³/mol. The number of imide groups is 2. The molecule has 0 spiro atoms. The molecule has 4 aliphatic rings. The van der Waals surface area contributed by atoms with Crippen LogP contribution in [0.5, 0.6) is 0 Å². The fourth-order valence-electron chi connectivity index (χ4n) is 8.06. The first-order chi connectivity index (χ1) is 23.0. The van der Waals surface area contributed by atoms with Crippen molar-refractivity contribution in [1.29, 1.82) is 0 Å². The molecule has 1 saturated carbocycles. The van der Waals surface area contributed by atoms with Crippen LogP contribution in [-0.2, 0) is 16.1 Å². The zero-order valence-electron chi connectivity index (χ0n) is 26.2. The molecule has 1 aliphatic carbocycles. The van der Waals surface area contributed by atoms with E-state index in [0.29, 0.717) is 29.8 Å². The molecule has 4 amide bonds. The lowest BCUT2D eigenvalue weighted by Gasteiger charge is -2.42. The molecule has 4 aromatic rings. The lowest BCUT2D eigenvalue weighted by atomic mass is 9.89. The SMILES string of the molecule is O=C1CCC(N2C(=O)c3cccc(CN4CCN(C5CCC(n6cc(-c7ccccc7)c7cncnc76)CC5)CC4)c3C2=O)C(=O)N1. The van der Waals surface area contributed by atoms with Crippen LogP contribution < -0.4 is 5.32 Å². The number of carbonyl (C=O) groups excluding carboxylic acids is 4. The number of fused-ring (bicyclic) bond motifs is 2. The number of rotatable bonds is 6. The van der Waals surface area contributed by atoms with Crippen LogP contribution in [0.4, 0.5) is 0 Å². The topological polar surface area (TPSA) is 121 Å². The molecule has 3 fully saturated rings. The summed E-state index contributed by atoms with van der Waals surface area (Å²) in [7, 11) is 0. The molecule has 0 bridgehead atoms. The molecule has 11 nitrogen and oxygen atoms in total. The number of nitrogens with one attached hydrogen (secondary N) is 1. The van der Waals surface area contributed by atoms with E-state index < -0.39 is 23.8 Å². The van der Waals surface area contributed by atoms with E-state index in [1.807, 2.05) is 24.4 Å². The monoisotopic (exact) mass is 631 g/mol. The highest BCUT2D eigenvalue weighted by atomic mass is 16.2. The van der Waals surface area contributed by atoms with Crippen molar-refractivity contribution in [3.63, 3.8) is 0 Å². The average Bonchev–Trinajstić information content (AvgIpc) is 3.61. The van der Waals surface area contributed by atoms with Gasteiger partial charge in [0.15, 0.2) is 0 Å². The van der Waals surface area contributed by atoms with Gasteiger partial charge in [0.05, 0.1) is 11.1 Å². The van der Waals surface area contributed by atoms with Gasteiger partial charge in [-0.25, -0.2) is 9.97 Å². The quantitative estimate of drug-likeness (QED) is 0.319. The van der Waals surface area contributed by atoms with Crippen molar-refractivity contribution in [2.45, 2.75) is 63.2 Å². The van der Waals surface area contributed by atoms with Gasteiger partial charge in [-0.2, -0.15) is 0 Å². The van der Waals surface area contributed by atoms with E-state index in [1.54, 1.807) is 12.4 Å². The Morgan fingerprint density at radius 1 is 0.787 bits per heavy atom. The smallest absolute Gasteiger partial charge is 0.262 e. The van der Waals surface area contributed by atoms with Crippen molar-refractivity contribution < 1.29 is 19.2 Å². The van der Waals surface area contributed by atoms with Crippen LogP contribution >= 0.6 is 0 Å². The van der Waals surface area contributed by atoms with Crippen LogP contribution in [0.15, 0.2) is 67.3 Å². The van der Waals surface area contributed by atoms with E-state index in [1.165, 1.54) is 11.1 Å². The Kier molecular flexibility index (Phi) is 7.65. The molecule has 8 rings (SSSR count). The van der Waals surface area contributed by atoms with Crippen molar-refractivity contribution in [3.8, 4) is 11.1 Å². The molecular weight excluding hydrogens is 594 g/mol. The zero-order valence-corrected chi connectivity index (χ0v) is 26.2. The first-order valence-electron chi connectivity index (χ1n) is 16.6. The molecule has 11 heteroatoms. The third-order valence-corrected chi connectivity index (χ3v) is 10.5. The summed E-state index contributed by atoms with van der Waals surface area (Å²) in [5.41, 5.74) is 4.90. The second-order valence-electron chi connectivity index (χ2n) is 13.1. The van der Waals surface area contributed by atoms with E-state index in [9.17, 15) is 19.2 Å². The van der Waals surface area contributed by atoms with Gasteiger partial charge in [0.1, 0.15) is 18.0 Å². The second kappa shape index (κ2) is 12.1. The molecule has 2 saturated heterocycles. The van der Waals surface area contributed by atoms with Gasteiger partial charge in [-0.15, -0.1) is 0 Å². The number of carbonyl (C=O) groups is 4. The van der Waals surface area contributed by atoms with Gasteiger partial charge >= 0.3 is 0 Å². The molecule has 0 radical (unpaired) electrons. The Balaban J connectivity index is 0.895. The average molecular weight is 632 g/mol. The fourth-order valence-corrected chi connectivity index (χ4v) is 8.06.